The topological polar surface area (TPSA) is 41.6 Å². The highest BCUT2D eigenvalue weighted by Crippen LogP contribution is 2.06. The van der Waals surface area contributed by atoms with Crippen molar-refractivity contribution in [1.29, 1.82) is 0 Å². The molecule has 0 aromatic carbocycles. The first-order chi connectivity index (χ1) is 6.74. The van der Waals surface area contributed by atoms with Crippen LogP contribution in [-0.4, -0.2) is 50.7 Å². The van der Waals surface area contributed by atoms with Crippen molar-refractivity contribution in [3.05, 3.63) is 0 Å². The van der Waals surface area contributed by atoms with Gasteiger partial charge in [-0.25, -0.2) is 0 Å². The third kappa shape index (κ3) is 3.64. The summed E-state index contributed by atoms with van der Waals surface area (Å²) < 4.78 is 5.01. The lowest BCUT2D eigenvalue weighted by Crippen LogP contribution is -2.46. The van der Waals surface area contributed by atoms with Crippen LogP contribution in [0.15, 0.2) is 0 Å². The van der Waals surface area contributed by atoms with E-state index in [4.69, 9.17) is 4.74 Å². The first-order valence-corrected chi connectivity index (χ1v) is 5.21. The number of carbonyl (C=O) groups is 1. The van der Waals surface area contributed by atoms with E-state index in [1.165, 1.54) is 0 Å². The maximum Gasteiger partial charge on any atom is 0.223 e. The van der Waals surface area contributed by atoms with E-state index in [0.29, 0.717) is 18.9 Å². The Morgan fingerprint density at radius 2 is 2.14 bits per heavy atom. The molecule has 0 radical (unpaired) electrons. The second-order valence-electron chi connectivity index (χ2n) is 3.90. The van der Waals surface area contributed by atoms with Crippen molar-refractivity contribution in [2.24, 2.45) is 5.92 Å². The first-order valence-electron chi connectivity index (χ1n) is 5.21. The standard InChI is InChI=1S/C10H20N2O2/c1-9(8-14-2)7-10(13)12-5-3-11-4-6-12/h9,11H,3-8H2,1-2H3. The molecule has 1 atom stereocenters. The van der Waals surface area contributed by atoms with Crippen molar-refractivity contribution < 1.29 is 9.53 Å². The molecule has 1 saturated heterocycles. The summed E-state index contributed by atoms with van der Waals surface area (Å²) in [7, 11) is 1.67. The van der Waals surface area contributed by atoms with Gasteiger partial charge < -0.3 is 15.0 Å². The van der Waals surface area contributed by atoms with Crippen molar-refractivity contribution in [3.63, 3.8) is 0 Å². The molecule has 14 heavy (non-hydrogen) atoms. The zero-order valence-electron chi connectivity index (χ0n) is 9.08. The molecule has 4 heteroatoms. The van der Waals surface area contributed by atoms with Crippen LogP contribution in [0.2, 0.25) is 0 Å². The van der Waals surface area contributed by atoms with Gasteiger partial charge in [-0.2, -0.15) is 0 Å². The number of piperazine rings is 1. The van der Waals surface area contributed by atoms with Gasteiger partial charge in [0.2, 0.25) is 5.91 Å². The lowest BCUT2D eigenvalue weighted by molar-refractivity contribution is -0.133. The quantitative estimate of drug-likeness (QED) is 0.699. The van der Waals surface area contributed by atoms with Gasteiger partial charge in [0.15, 0.2) is 0 Å². The number of nitrogens with one attached hydrogen (secondary N) is 1. The minimum atomic E-state index is 0.260. The molecule has 1 amide bonds. The number of rotatable bonds is 4. The Morgan fingerprint density at radius 3 is 2.71 bits per heavy atom. The molecule has 1 N–H and O–H groups in total. The summed E-state index contributed by atoms with van der Waals surface area (Å²) in [6.45, 7) is 6.24. The van der Waals surface area contributed by atoms with Crippen LogP contribution in [0.25, 0.3) is 0 Å². The van der Waals surface area contributed by atoms with Crippen LogP contribution in [0.5, 0.6) is 0 Å². The predicted octanol–water partition coefficient (Wildman–Crippen LogP) is 0.0908. The highest BCUT2D eigenvalue weighted by atomic mass is 16.5. The lowest BCUT2D eigenvalue weighted by atomic mass is 10.1. The van der Waals surface area contributed by atoms with Crippen molar-refractivity contribution in [2.45, 2.75) is 13.3 Å². The fourth-order valence-corrected chi connectivity index (χ4v) is 1.68. The molecular weight excluding hydrogens is 180 g/mol. The molecule has 1 heterocycles. The van der Waals surface area contributed by atoms with E-state index in [1.807, 2.05) is 11.8 Å². The molecule has 0 aromatic rings. The Morgan fingerprint density at radius 1 is 1.50 bits per heavy atom. The molecular formula is C10H20N2O2. The number of ether oxygens (including phenoxy) is 1. The minimum absolute atomic E-state index is 0.260. The number of amides is 1. The van der Waals surface area contributed by atoms with Gasteiger partial charge in [-0.05, 0) is 5.92 Å². The van der Waals surface area contributed by atoms with E-state index < -0.39 is 0 Å². The summed E-state index contributed by atoms with van der Waals surface area (Å²) in [6, 6.07) is 0. The SMILES string of the molecule is COCC(C)CC(=O)N1CCNCC1. The molecule has 0 aromatic heterocycles. The summed E-state index contributed by atoms with van der Waals surface area (Å²) in [4.78, 5) is 13.7. The normalized spacial score (nSPS) is 19.4. The first kappa shape index (κ1) is 11.5. The smallest absolute Gasteiger partial charge is 0.223 e. The van der Waals surface area contributed by atoms with Crippen LogP contribution in [0, 0.1) is 5.92 Å². The van der Waals surface area contributed by atoms with Crippen LogP contribution < -0.4 is 5.32 Å². The Hall–Kier alpha value is -0.610. The Labute approximate surface area is 85.6 Å². The van der Waals surface area contributed by atoms with Crippen molar-refractivity contribution >= 4 is 5.91 Å². The predicted molar refractivity (Wildman–Crippen MR) is 55.1 cm³/mol. The molecule has 82 valence electrons. The van der Waals surface area contributed by atoms with Gasteiger partial charge in [-0.1, -0.05) is 6.92 Å². The Balaban J connectivity index is 2.25. The van der Waals surface area contributed by atoms with Gasteiger partial charge in [0, 0.05) is 46.3 Å². The summed E-state index contributed by atoms with van der Waals surface area (Å²) in [5.74, 6) is 0.582. The molecule has 0 spiro atoms. The Kier molecular flexibility index (Phi) is 4.90. The number of hydrogen-bond donors (Lipinski definition) is 1. The van der Waals surface area contributed by atoms with Gasteiger partial charge >= 0.3 is 0 Å². The van der Waals surface area contributed by atoms with Crippen LogP contribution >= 0.6 is 0 Å². The summed E-state index contributed by atoms with van der Waals surface area (Å²) >= 11 is 0. The molecule has 0 saturated carbocycles. The summed E-state index contributed by atoms with van der Waals surface area (Å²) in [5.41, 5.74) is 0. The number of hydrogen-bond acceptors (Lipinski definition) is 3. The third-order valence-corrected chi connectivity index (χ3v) is 2.44. The van der Waals surface area contributed by atoms with Crippen LogP contribution in [0.1, 0.15) is 13.3 Å². The Bertz CT molecular complexity index is 179. The lowest BCUT2D eigenvalue weighted by Gasteiger charge is -2.28. The third-order valence-electron chi connectivity index (χ3n) is 2.44. The number of nitrogens with zero attached hydrogens (tertiary/aromatic N) is 1. The van der Waals surface area contributed by atoms with E-state index in [9.17, 15) is 4.79 Å². The van der Waals surface area contributed by atoms with E-state index >= 15 is 0 Å². The molecule has 1 aliphatic rings. The maximum absolute atomic E-state index is 11.7. The van der Waals surface area contributed by atoms with E-state index in [2.05, 4.69) is 5.32 Å². The molecule has 1 rings (SSSR count). The summed E-state index contributed by atoms with van der Waals surface area (Å²) in [5, 5.41) is 3.23. The molecule has 4 nitrogen and oxygen atoms in total. The van der Waals surface area contributed by atoms with E-state index in [1.54, 1.807) is 7.11 Å². The fraction of sp³-hybridized carbons (Fsp3) is 0.900. The fourth-order valence-electron chi connectivity index (χ4n) is 1.68. The van der Waals surface area contributed by atoms with E-state index in [0.717, 1.165) is 26.2 Å². The molecule has 1 aliphatic heterocycles. The number of carbonyl (C=O) groups excluding carboxylic acids is 1. The van der Waals surface area contributed by atoms with Crippen molar-refractivity contribution in [3.8, 4) is 0 Å². The van der Waals surface area contributed by atoms with Crippen LogP contribution in [-0.2, 0) is 9.53 Å². The van der Waals surface area contributed by atoms with Gasteiger partial charge in [0.25, 0.3) is 0 Å². The zero-order chi connectivity index (χ0) is 10.4. The largest absolute Gasteiger partial charge is 0.384 e. The van der Waals surface area contributed by atoms with Crippen LogP contribution in [0.4, 0.5) is 0 Å². The van der Waals surface area contributed by atoms with Gasteiger partial charge in [-0.3, -0.25) is 4.79 Å². The minimum Gasteiger partial charge on any atom is -0.384 e. The van der Waals surface area contributed by atoms with Gasteiger partial charge in [0.1, 0.15) is 0 Å². The maximum atomic E-state index is 11.7. The number of methoxy groups -OCH3 is 1. The zero-order valence-corrected chi connectivity index (χ0v) is 9.08. The monoisotopic (exact) mass is 200 g/mol. The second-order valence-corrected chi connectivity index (χ2v) is 3.90. The molecule has 0 bridgehead atoms. The van der Waals surface area contributed by atoms with E-state index in [-0.39, 0.29) is 5.91 Å². The average Bonchev–Trinajstić information content (AvgIpc) is 2.19. The highest BCUT2D eigenvalue weighted by molar-refractivity contribution is 5.76. The molecule has 0 aliphatic carbocycles. The molecule has 1 fully saturated rings. The second kappa shape index (κ2) is 5.98. The van der Waals surface area contributed by atoms with Crippen molar-refractivity contribution in [2.75, 3.05) is 39.9 Å². The summed E-state index contributed by atoms with van der Waals surface area (Å²) in [6.07, 6.45) is 0.605. The van der Waals surface area contributed by atoms with Crippen molar-refractivity contribution in [1.82, 2.24) is 10.2 Å². The van der Waals surface area contributed by atoms with Gasteiger partial charge in [0.05, 0.1) is 0 Å². The molecule has 1 unspecified atom stereocenters. The average molecular weight is 200 g/mol. The van der Waals surface area contributed by atoms with Crippen LogP contribution in [0.3, 0.4) is 0 Å². The highest BCUT2D eigenvalue weighted by Gasteiger charge is 2.18. The van der Waals surface area contributed by atoms with Gasteiger partial charge in [-0.15, -0.1) is 0 Å².